The summed E-state index contributed by atoms with van der Waals surface area (Å²) in [5, 5.41) is 23.1. The van der Waals surface area contributed by atoms with Crippen LogP contribution in [0.4, 0.5) is 5.69 Å². The third kappa shape index (κ3) is 4.53. The lowest BCUT2D eigenvalue weighted by molar-refractivity contribution is -0.112. The van der Waals surface area contributed by atoms with Gasteiger partial charge in [0.1, 0.15) is 22.5 Å². The van der Waals surface area contributed by atoms with Crippen LogP contribution in [0.25, 0.3) is 16.7 Å². The van der Waals surface area contributed by atoms with Gasteiger partial charge >= 0.3 is 0 Å². The summed E-state index contributed by atoms with van der Waals surface area (Å²) >= 11 is 0. The van der Waals surface area contributed by atoms with Crippen LogP contribution in [0.2, 0.25) is 0 Å². The third-order valence-corrected chi connectivity index (χ3v) is 5.37. The van der Waals surface area contributed by atoms with Crippen LogP contribution in [-0.2, 0) is 10.2 Å². The molecule has 0 atom stereocenters. The van der Waals surface area contributed by atoms with Gasteiger partial charge in [0.15, 0.2) is 0 Å². The number of nitrogens with one attached hydrogen (secondary N) is 1. The maximum Gasteiger partial charge on any atom is 0.250 e. The number of phenols is 1. The van der Waals surface area contributed by atoms with E-state index in [9.17, 15) is 9.90 Å². The predicted molar refractivity (Wildman–Crippen MR) is 121 cm³/mol. The summed E-state index contributed by atoms with van der Waals surface area (Å²) in [6.45, 7) is 11.8. The van der Waals surface area contributed by atoms with Gasteiger partial charge in [-0.3, -0.25) is 4.79 Å². The van der Waals surface area contributed by atoms with Gasteiger partial charge in [0.05, 0.1) is 0 Å². The number of aromatic hydroxyl groups is 1. The minimum absolute atomic E-state index is 0.130. The molecule has 3 aromatic rings. The van der Waals surface area contributed by atoms with E-state index in [0.717, 1.165) is 42.3 Å². The molecule has 0 aliphatic heterocycles. The Morgan fingerprint density at radius 1 is 1.17 bits per heavy atom. The molecular formula is C24H30N4O2. The van der Waals surface area contributed by atoms with Gasteiger partial charge in [-0.2, -0.15) is 0 Å². The van der Waals surface area contributed by atoms with Crippen LogP contribution in [0.3, 0.4) is 0 Å². The summed E-state index contributed by atoms with van der Waals surface area (Å²) in [4.78, 5) is 13.7. The van der Waals surface area contributed by atoms with Gasteiger partial charge < -0.3 is 10.4 Å². The summed E-state index contributed by atoms with van der Waals surface area (Å²) in [5.41, 5.74) is 3.37. The van der Waals surface area contributed by atoms with E-state index in [1.807, 2.05) is 30.3 Å². The Bertz CT molecular complexity index is 1050. The molecule has 0 unspecified atom stereocenters. The zero-order valence-electron chi connectivity index (χ0n) is 18.2. The number of aromatic nitrogens is 3. The Labute approximate surface area is 177 Å². The van der Waals surface area contributed by atoms with Crippen LogP contribution in [0.5, 0.6) is 5.75 Å². The second kappa shape index (κ2) is 8.69. The number of unbranched alkanes of at least 4 members (excludes halogenated alkanes) is 2. The average Bonchev–Trinajstić information content (AvgIpc) is 3.13. The van der Waals surface area contributed by atoms with Crippen molar-refractivity contribution in [2.24, 2.45) is 0 Å². The molecule has 6 nitrogen and oxygen atoms in total. The van der Waals surface area contributed by atoms with Gasteiger partial charge in [0.2, 0.25) is 0 Å². The van der Waals surface area contributed by atoms with E-state index in [1.54, 1.807) is 13.0 Å². The van der Waals surface area contributed by atoms with Gasteiger partial charge in [-0.1, -0.05) is 58.7 Å². The lowest BCUT2D eigenvalue weighted by atomic mass is 9.79. The molecule has 0 aliphatic carbocycles. The van der Waals surface area contributed by atoms with Crippen molar-refractivity contribution < 1.29 is 9.90 Å². The molecule has 0 bridgehead atoms. The van der Waals surface area contributed by atoms with Crippen LogP contribution < -0.4 is 5.32 Å². The number of amides is 1. The number of phenolic OH excluding ortho intramolecular Hbond substituents is 1. The molecule has 6 heteroatoms. The summed E-state index contributed by atoms with van der Waals surface area (Å²) in [6.07, 6.45) is 4.24. The highest BCUT2D eigenvalue weighted by atomic mass is 16.3. The van der Waals surface area contributed by atoms with Crippen LogP contribution in [0.15, 0.2) is 48.6 Å². The maximum absolute atomic E-state index is 12.2. The second-order valence-corrected chi connectivity index (χ2v) is 8.45. The molecule has 0 aliphatic rings. The van der Waals surface area contributed by atoms with Crippen LogP contribution in [-0.4, -0.2) is 26.0 Å². The van der Waals surface area contributed by atoms with Gasteiger partial charge in [-0.25, -0.2) is 0 Å². The summed E-state index contributed by atoms with van der Waals surface area (Å²) < 4.78 is 0. The molecule has 1 heterocycles. The molecule has 0 saturated heterocycles. The minimum Gasteiger partial charge on any atom is -0.505 e. The number of benzene rings is 2. The highest BCUT2D eigenvalue weighted by Crippen LogP contribution is 2.40. The molecule has 0 saturated carbocycles. The lowest BCUT2D eigenvalue weighted by Crippen LogP contribution is -2.20. The van der Waals surface area contributed by atoms with E-state index >= 15 is 0 Å². The van der Waals surface area contributed by atoms with E-state index in [0.29, 0.717) is 16.9 Å². The van der Waals surface area contributed by atoms with Crippen molar-refractivity contribution >= 4 is 22.6 Å². The van der Waals surface area contributed by atoms with Crippen LogP contribution in [0, 0.1) is 0 Å². The number of hydrogen-bond donors (Lipinski definition) is 2. The molecule has 0 spiro atoms. The van der Waals surface area contributed by atoms with Crippen LogP contribution in [0.1, 0.15) is 58.9 Å². The number of anilines is 1. The van der Waals surface area contributed by atoms with Crippen molar-refractivity contribution in [2.45, 2.75) is 58.8 Å². The van der Waals surface area contributed by atoms with E-state index < -0.39 is 0 Å². The highest BCUT2D eigenvalue weighted by Gasteiger charge is 2.27. The number of nitrogens with zero attached hydrogens (tertiary/aromatic N) is 3. The largest absolute Gasteiger partial charge is 0.505 e. The fourth-order valence-corrected chi connectivity index (χ4v) is 3.52. The molecule has 1 aromatic heterocycles. The van der Waals surface area contributed by atoms with Crippen molar-refractivity contribution in [1.29, 1.82) is 0 Å². The maximum atomic E-state index is 12.2. The summed E-state index contributed by atoms with van der Waals surface area (Å²) in [5.74, 6) is -0.134. The fourth-order valence-electron chi connectivity index (χ4n) is 3.52. The van der Waals surface area contributed by atoms with Gasteiger partial charge in [0.25, 0.3) is 5.91 Å². The molecule has 0 fully saturated rings. The third-order valence-electron chi connectivity index (χ3n) is 5.37. The van der Waals surface area contributed by atoms with Crippen molar-refractivity contribution in [3.05, 3.63) is 54.1 Å². The molecular weight excluding hydrogens is 376 g/mol. The molecule has 0 radical (unpaired) electrons. The molecule has 1 amide bonds. The topological polar surface area (TPSA) is 80.0 Å². The first-order valence-corrected chi connectivity index (χ1v) is 10.4. The second-order valence-electron chi connectivity index (χ2n) is 8.45. The zero-order valence-corrected chi connectivity index (χ0v) is 18.2. The monoisotopic (exact) mass is 406 g/mol. The van der Waals surface area contributed by atoms with Gasteiger partial charge in [-0.05, 0) is 43.0 Å². The summed E-state index contributed by atoms with van der Waals surface area (Å²) in [6, 6.07) is 11.1. The first kappa shape index (κ1) is 21.6. The quantitative estimate of drug-likeness (QED) is 0.294. The normalized spacial score (nSPS) is 11.6. The highest BCUT2D eigenvalue weighted by molar-refractivity contribution is 6.03. The molecule has 2 N–H and O–H groups in total. The van der Waals surface area contributed by atoms with E-state index in [-0.39, 0.29) is 17.1 Å². The van der Waals surface area contributed by atoms with Crippen LogP contribution >= 0.6 is 0 Å². The number of carbonyl (C=O) groups is 1. The number of fused-ring (bicyclic) bond motifs is 1. The Kier molecular flexibility index (Phi) is 6.25. The zero-order chi connectivity index (χ0) is 21.9. The standard InChI is InChI=1S/C24H30N4O2/c1-6-7-10-13-24(4,5)18-14-17(25-23(30)16(2)3)15-21(22(18)29)28-26-19-11-8-9-12-20(19)27-28/h8-9,11-12,14-15,29H,2,6-7,10,13H2,1,3-5H3,(H,25,30). The van der Waals surface area contributed by atoms with Crippen molar-refractivity contribution in [3.63, 3.8) is 0 Å². The lowest BCUT2D eigenvalue weighted by Gasteiger charge is -2.28. The molecule has 2 aromatic carbocycles. The first-order chi connectivity index (χ1) is 14.2. The number of carbonyl (C=O) groups excluding carboxylic acids is 1. The van der Waals surface area contributed by atoms with E-state index in [4.69, 9.17) is 0 Å². The van der Waals surface area contributed by atoms with Crippen molar-refractivity contribution in [3.8, 4) is 11.4 Å². The van der Waals surface area contributed by atoms with Crippen molar-refractivity contribution in [2.75, 3.05) is 5.32 Å². The number of rotatable bonds is 8. The Morgan fingerprint density at radius 2 is 1.80 bits per heavy atom. The Balaban J connectivity index is 2.12. The van der Waals surface area contributed by atoms with Crippen molar-refractivity contribution in [1.82, 2.24) is 15.0 Å². The SMILES string of the molecule is C=C(C)C(=O)Nc1cc(-n2nc3ccccc3n2)c(O)c(C(C)(C)CCCCC)c1. The molecule has 158 valence electrons. The van der Waals surface area contributed by atoms with E-state index in [2.05, 4.69) is 42.9 Å². The van der Waals surface area contributed by atoms with Gasteiger partial charge in [-0.15, -0.1) is 15.0 Å². The molecule has 3 rings (SSSR count). The number of hydrogen-bond acceptors (Lipinski definition) is 4. The Morgan fingerprint density at radius 3 is 2.37 bits per heavy atom. The van der Waals surface area contributed by atoms with Gasteiger partial charge in [0, 0.05) is 16.8 Å². The average molecular weight is 407 g/mol. The minimum atomic E-state index is -0.287. The molecule has 30 heavy (non-hydrogen) atoms. The fraction of sp³-hybridized carbons (Fsp3) is 0.375. The smallest absolute Gasteiger partial charge is 0.250 e. The van der Waals surface area contributed by atoms with E-state index in [1.165, 1.54) is 4.80 Å². The first-order valence-electron chi connectivity index (χ1n) is 10.4. The Hall–Kier alpha value is -3.15. The predicted octanol–water partition coefficient (Wildman–Crippen LogP) is 5.50. The summed E-state index contributed by atoms with van der Waals surface area (Å²) in [7, 11) is 0.